The fraction of sp³-hybridized carbons (Fsp3) is 0.308. The highest BCUT2D eigenvalue weighted by molar-refractivity contribution is 5.77. The summed E-state index contributed by atoms with van der Waals surface area (Å²) in [4.78, 5) is 26.4. The van der Waals surface area contributed by atoms with Gasteiger partial charge in [-0.05, 0) is 55.2 Å². The lowest BCUT2D eigenvalue weighted by atomic mass is 10.0. The molecule has 0 aliphatic heterocycles. The summed E-state index contributed by atoms with van der Waals surface area (Å²) in [6.45, 7) is 4.55. The zero-order chi connectivity index (χ0) is 25.1. The number of benzene rings is 1. The molecule has 1 aliphatic carbocycles. The number of pyridine rings is 1. The molecule has 0 spiro atoms. The van der Waals surface area contributed by atoms with Crippen LogP contribution in [-0.4, -0.2) is 37.0 Å². The van der Waals surface area contributed by atoms with Gasteiger partial charge in [-0.3, -0.25) is 4.79 Å². The predicted octanol–water partition coefficient (Wildman–Crippen LogP) is 3.39. The van der Waals surface area contributed by atoms with E-state index < -0.39 is 0 Å². The fourth-order valence-corrected chi connectivity index (χ4v) is 4.75. The van der Waals surface area contributed by atoms with Gasteiger partial charge in [0.1, 0.15) is 23.1 Å². The maximum atomic E-state index is 13.0. The third-order valence-electron chi connectivity index (χ3n) is 6.51. The van der Waals surface area contributed by atoms with Crippen molar-refractivity contribution in [3.8, 4) is 11.6 Å². The van der Waals surface area contributed by atoms with Crippen molar-refractivity contribution >= 4 is 28.5 Å². The van der Waals surface area contributed by atoms with E-state index in [0.717, 1.165) is 11.4 Å². The molecule has 0 saturated heterocycles. The quantitative estimate of drug-likeness (QED) is 0.306. The van der Waals surface area contributed by atoms with Gasteiger partial charge >= 0.3 is 0 Å². The number of allylic oxidation sites excluding steroid dienone is 1. The second kappa shape index (κ2) is 10.2. The number of nitrogens with zero attached hydrogens (tertiary/aromatic N) is 5. The molecule has 1 saturated carbocycles. The molecule has 10 heteroatoms. The molecule has 1 unspecified atom stereocenters. The molecule has 3 heterocycles. The van der Waals surface area contributed by atoms with Crippen molar-refractivity contribution in [3.63, 3.8) is 0 Å². The Morgan fingerprint density at radius 2 is 1.94 bits per heavy atom. The summed E-state index contributed by atoms with van der Waals surface area (Å²) in [6, 6.07) is 12.9. The van der Waals surface area contributed by atoms with Gasteiger partial charge in [-0.15, -0.1) is 6.58 Å². The first-order chi connectivity index (χ1) is 17.6. The van der Waals surface area contributed by atoms with E-state index in [1.807, 2.05) is 24.3 Å². The van der Waals surface area contributed by atoms with E-state index in [1.165, 1.54) is 36.6 Å². The van der Waals surface area contributed by atoms with Gasteiger partial charge in [0.15, 0.2) is 11.5 Å². The highest BCUT2D eigenvalue weighted by atomic mass is 16.5. The summed E-state index contributed by atoms with van der Waals surface area (Å²) in [5, 5.41) is 3.57. The van der Waals surface area contributed by atoms with Crippen LogP contribution in [0.1, 0.15) is 25.7 Å². The van der Waals surface area contributed by atoms with Crippen LogP contribution in [-0.2, 0) is 6.54 Å². The maximum absolute atomic E-state index is 13.0. The van der Waals surface area contributed by atoms with E-state index >= 15 is 0 Å². The topological polar surface area (TPSA) is 139 Å². The largest absolute Gasteiger partial charge is 0.489 e. The first-order valence-corrected chi connectivity index (χ1v) is 12.1. The number of aromatic nitrogens is 5. The predicted molar refractivity (Wildman–Crippen MR) is 141 cm³/mol. The Morgan fingerprint density at radius 1 is 1.17 bits per heavy atom. The van der Waals surface area contributed by atoms with Gasteiger partial charge in [0.25, 0.3) is 5.56 Å². The zero-order valence-electron chi connectivity index (χ0n) is 20.0. The van der Waals surface area contributed by atoms with Crippen LogP contribution >= 0.6 is 0 Å². The molecule has 1 aliphatic rings. The Hall–Kier alpha value is -4.18. The molecule has 5 rings (SSSR count). The van der Waals surface area contributed by atoms with Crippen LogP contribution in [0.15, 0.2) is 66.1 Å². The Labute approximate surface area is 208 Å². The normalized spacial score (nSPS) is 14.7. The van der Waals surface area contributed by atoms with Crippen LogP contribution in [0.25, 0.3) is 16.9 Å². The Morgan fingerprint density at radius 3 is 2.64 bits per heavy atom. The minimum Gasteiger partial charge on any atom is -0.489 e. The average molecular weight is 487 g/mol. The minimum absolute atomic E-state index is 0.0361. The molecule has 1 fully saturated rings. The molecule has 1 atom stereocenters. The van der Waals surface area contributed by atoms with Crippen molar-refractivity contribution in [1.29, 1.82) is 0 Å². The van der Waals surface area contributed by atoms with Gasteiger partial charge < -0.3 is 21.5 Å². The van der Waals surface area contributed by atoms with E-state index in [0.29, 0.717) is 41.1 Å². The molecule has 5 N–H and O–H groups in total. The molecule has 10 nitrogen and oxygen atoms in total. The van der Waals surface area contributed by atoms with Crippen molar-refractivity contribution < 1.29 is 4.74 Å². The number of hydrogen-bond acceptors (Lipinski definition) is 8. The molecule has 186 valence electrons. The third kappa shape index (κ3) is 4.67. The second-order valence-corrected chi connectivity index (χ2v) is 8.93. The number of ether oxygens (including phenoxy) is 1. The van der Waals surface area contributed by atoms with E-state index in [4.69, 9.17) is 16.2 Å². The Balaban J connectivity index is 1.42. The van der Waals surface area contributed by atoms with E-state index in [2.05, 4.69) is 26.8 Å². The first kappa shape index (κ1) is 23.6. The van der Waals surface area contributed by atoms with E-state index in [-0.39, 0.29) is 18.2 Å². The van der Waals surface area contributed by atoms with Crippen LogP contribution < -0.4 is 27.1 Å². The Kier molecular flexibility index (Phi) is 6.68. The lowest BCUT2D eigenvalue weighted by molar-refractivity contribution is 0.143. The number of fused-ring (bicyclic) bond motifs is 1. The minimum atomic E-state index is -0.237. The van der Waals surface area contributed by atoms with Crippen LogP contribution in [0.4, 0.5) is 17.5 Å². The van der Waals surface area contributed by atoms with Gasteiger partial charge in [-0.1, -0.05) is 25.0 Å². The van der Waals surface area contributed by atoms with Crippen LogP contribution in [0.3, 0.4) is 0 Å². The van der Waals surface area contributed by atoms with E-state index in [9.17, 15) is 4.79 Å². The SMILES string of the molecule is C=CCn1c(=O)c2cnc(Nc3ccc(OC(CN)C4CCCC4)cc3)nc2n1-c1cccc(N)n1. The van der Waals surface area contributed by atoms with Crippen molar-refractivity contribution in [3.05, 3.63) is 71.7 Å². The number of nitrogen functional groups attached to an aromatic ring is 1. The first-order valence-electron chi connectivity index (χ1n) is 12.1. The molecule has 1 aromatic carbocycles. The molecule has 4 aromatic rings. The molecule has 0 radical (unpaired) electrons. The van der Waals surface area contributed by atoms with Crippen molar-refractivity contribution in [2.75, 3.05) is 17.6 Å². The van der Waals surface area contributed by atoms with Gasteiger partial charge in [0.2, 0.25) is 5.95 Å². The number of rotatable bonds is 9. The summed E-state index contributed by atoms with van der Waals surface area (Å²) < 4.78 is 9.31. The number of nitrogens with one attached hydrogen (secondary N) is 1. The number of anilines is 3. The van der Waals surface area contributed by atoms with Gasteiger partial charge in [0, 0.05) is 18.4 Å². The van der Waals surface area contributed by atoms with Gasteiger partial charge in [-0.25, -0.2) is 19.3 Å². The van der Waals surface area contributed by atoms with Crippen LogP contribution in [0.5, 0.6) is 5.75 Å². The van der Waals surface area contributed by atoms with Crippen LogP contribution in [0, 0.1) is 5.92 Å². The summed E-state index contributed by atoms with van der Waals surface area (Å²) in [7, 11) is 0. The molecular weight excluding hydrogens is 456 g/mol. The monoisotopic (exact) mass is 486 g/mol. The smallest absolute Gasteiger partial charge is 0.278 e. The standard InChI is InChI=1S/C26H30N8O2/c1-2-14-33-25(35)20-16-29-26(32-24(20)34(33)23-9-5-8-22(28)31-23)30-18-10-12-19(13-11-18)36-21(15-27)17-6-3-4-7-17/h2,5,8-13,16-17,21H,1,3-4,6-7,14-15,27H2,(H2,28,31)(H,29,30,32). The van der Waals surface area contributed by atoms with Crippen molar-refractivity contribution in [1.82, 2.24) is 24.3 Å². The summed E-state index contributed by atoms with van der Waals surface area (Å²) >= 11 is 0. The number of nitrogens with two attached hydrogens (primary N) is 2. The van der Waals surface area contributed by atoms with Gasteiger partial charge in [0.05, 0.1) is 6.54 Å². The molecule has 0 amide bonds. The molecule has 3 aromatic heterocycles. The van der Waals surface area contributed by atoms with Crippen molar-refractivity contribution in [2.24, 2.45) is 11.7 Å². The molecule has 36 heavy (non-hydrogen) atoms. The zero-order valence-corrected chi connectivity index (χ0v) is 20.0. The Bertz CT molecular complexity index is 1420. The lowest BCUT2D eigenvalue weighted by Crippen LogP contribution is -2.33. The average Bonchev–Trinajstić information content (AvgIpc) is 3.51. The summed E-state index contributed by atoms with van der Waals surface area (Å²) in [6.07, 6.45) is 8.03. The van der Waals surface area contributed by atoms with Crippen molar-refractivity contribution in [2.45, 2.75) is 38.3 Å². The van der Waals surface area contributed by atoms with Crippen LogP contribution in [0.2, 0.25) is 0 Å². The molecule has 0 bridgehead atoms. The maximum Gasteiger partial charge on any atom is 0.278 e. The van der Waals surface area contributed by atoms with Gasteiger partial charge in [-0.2, -0.15) is 4.98 Å². The summed E-state index contributed by atoms with van der Waals surface area (Å²) in [5.74, 6) is 2.46. The second-order valence-electron chi connectivity index (χ2n) is 8.93. The summed E-state index contributed by atoms with van der Waals surface area (Å²) in [5.41, 5.74) is 12.8. The highest BCUT2D eigenvalue weighted by Crippen LogP contribution is 2.30. The fourth-order valence-electron chi connectivity index (χ4n) is 4.75. The lowest BCUT2D eigenvalue weighted by Gasteiger charge is -2.23. The highest BCUT2D eigenvalue weighted by Gasteiger charge is 2.25. The third-order valence-corrected chi connectivity index (χ3v) is 6.51. The van der Waals surface area contributed by atoms with E-state index in [1.54, 1.807) is 29.0 Å². The number of hydrogen-bond donors (Lipinski definition) is 3. The molecular formula is C26H30N8O2.